The van der Waals surface area contributed by atoms with Gasteiger partial charge in [-0.05, 0) is 46.5 Å². The number of hydrogen-bond acceptors (Lipinski definition) is 3. The number of allylic oxidation sites excluding steroid dienone is 3. The van der Waals surface area contributed by atoms with E-state index >= 15 is 0 Å². The molecule has 0 aliphatic heterocycles. The molecule has 0 fully saturated rings. The molecular weight excluding hydrogens is 242 g/mol. The van der Waals surface area contributed by atoms with Gasteiger partial charge in [0.2, 0.25) is 0 Å². The van der Waals surface area contributed by atoms with Crippen molar-refractivity contribution in [3.05, 3.63) is 23.8 Å². The molecule has 0 saturated heterocycles. The number of amides is 1. The van der Waals surface area contributed by atoms with Crippen molar-refractivity contribution in [3.8, 4) is 0 Å². The van der Waals surface area contributed by atoms with Gasteiger partial charge in [0.25, 0.3) is 0 Å². The fourth-order valence-corrected chi connectivity index (χ4v) is 1.87. The summed E-state index contributed by atoms with van der Waals surface area (Å²) in [4.78, 5) is 11.6. The molecule has 0 unspecified atom stereocenters. The summed E-state index contributed by atoms with van der Waals surface area (Å²) in [5, 5.41) is 11.9. The Morgan fingerprint density at radius 1 is 1.53 bits per heavy atom. The molecule has 0 radical (unpaired) electrons. The Hall–Kier alpha value is -1.29. The zero-order valence-corrected chi connectivity index (χ0v) is 12.1. The van der Waals surface area contributed by atoms with Crippen LogP contribution in [0.25, 0.3) is 0 Å². The first kappa shape index (κ1) is 15.8. The van der Waals surface area contributed by atoms with Crippen molar-refractivity contribution in [3.63, 3.8) is 0 Å². The van der Waals surface area contributed by atoms with E-state index in [2.05, 4.69) is 11.4 Å². The number of ether oxygens (including phenoxy) is 1. The summed E-state index contributed by atoms with van der Waals surface area (Å²) in [5.74, 6) is 0. The van der Waals surface area contributed by atoms with Gasteiger partial charge in [-0.25, -0.2) is 4.79 Å². The summed E-state index contributed by atoms with van der Waals surface area (Å²) in [6.07, 6.45) is 10.1. The van der Waals surface area contributed by atoms with Crippen molar-refractivity contribution in [2.24, 2.45) is 0 Å². The third-order valence-corrected chi connectivity index (χ3v) is 2.77. The maximum absolute atomic E-state index is 11.6. The van der Waals surface area contributed by atoms with E-state index in [1.165, 1.54) is 18.4 Å². The Morgan fingerprint density at radius 3 is 2.79 bits per heavy atom. The summed E-state index contributed by atoms with van der Waals surface area (Å²) >= 11 is 0. The van der Waals surface area contributed by atoms with Crippen LogP contribution in [-0.4, -0.2) is 29.4 Å². The van der Waals surface area contributed by atoms with Gasteiger partial charge in [-0.2, -0.15) is 0 Å². The molecule has 1 aliphatic carbocycles. The Bertz CT molecular complexity index is 353. The SMILES string of the molecule is CC(C)(C)OC(=O)N[C@@H](/C=C/C1=CCCCC1)CO. The van der Waals surface area contributed by atoms with Crippen molar-refractivity contribution in [1.29, 1.82) is 0 Å². The quantitative estimate of drug-likeness (QED) is 0.823. The van der Waals surface area contributed by atoms with Gasteiger partial charge in [0, 0.05) is 0 Å². The van der Waals surface area contributed by atoms with Crippen LogP contribution in [0, 0.1) is 0 Å². The van der Waals surface area contributed by atoms with E-state index in [4.69, 9.17) is 4.74 Å². The van der Waals surface area contributed by atoms with Gasteiger partial charge in [0.15, 0.2) is 0 Å². The molecule has 0 saturated carbocycles. The Kier molecular flexibility index (Phi) is 6.09. The summed E-state index contributed by atoms with van der Waals surface area (Å²) in [5.41, 5.74) is 0.746. The minimum atomic E-state index is -0.528. The average Bonchev–Trinajstić information content (AvgIpc) is 2.33. The number of aliphatic hydroxyl groups is 1. The number of carbonyl (C=O) groups is 1. The molecule has 4 nitrogen and oxygen atoms in total. The van der Waals surface area contributed by atoms with Crippen LogP contribution in [0.3, 0.4) is 0 Å². The first-order chi connectivity index (χ1) is 8.90. The summed E-state index contributed by atoms with van der Waals surface area (Å²) in [6.45, 7) is 5.29. The van der Waals surface area contributed by atoms with Gasteiger partial charge in [-0.15, -0.1) is 0 Å². The van der Waals surface area contributed by atoms with Crippen LogP contribution < -0.4 is 5.32 Å². The second-order valence-electron chi connectivity index (χ2n) is 5.82. The maximum Gasteiger partial charge on any atom is 0.408 e. The standard InChI is InChI=1S/C15H25NO3/c1-15(2,3)19-14(18)16-13(11-17)10-9-12-7-5-4-6-8-12/h7,9-10,13,17H,4-6,8,11H2,1-3H3,(H,16,18)/b10-9+/t13-/m0/s1. The first-order valence-corrected chi connectivity index (χ1v) is 6.88. The van der Waals surface area contributed by atoms with Crippen LogP contribution in [-0.2, 0) is 4.74 Å². The molecule has 1 rings (SSSR count). The molecule has 0 spiro atoms. The minimum absolute atomic E-state index is 0.136. The van der Waals surface area contributed by atoms with Gasteiger partial charge in [0.05, 0.1) is 12.6 Å². The second kappa shape index (κ2) is 7.34. The third kappa shape index (κ3) is 7.01. The summed E-state index contributed by atoms with van der Waals surface area (Å²) in [7, 11) is 0. The molecule has 0 aromatic carbocycles. The molecule has 0 bridgehead atoms. The van der Waals surface area contributed by atoms with Crippen LogP contribution in [0.1, 0.15) is 46.5 Å². The van der Waals surface area contributed by atoms with Crippen molar-refractivity contribution in [2.75, 3.05) is 6.61 Å². The van der Waals surface area contributed by atoms with Gasteiger partial charge in [0.1, 0.15) is 5.60 Å². The van der Waals surface area contributed by atoms with Gasteiger partial charge in [-0.1, -0.05) is 23.8 Å². The second-order valence-corrected chi connectivity index (χ2v) is 5.82. The van der Waals surface area contributed by atoms with Gasteiger partial charge < -0.3 is 15.2 Å². The topological polar surface area (TPSA) is 58.6 Å². The highest BCUT2D eigenvalue weighted by atomic mass is 16.6. The van der Waals surface area contributed by atoms with Gasteiger partial charge >= 0.3 is 6.09 Å². The highest BCUT2D eigenvalue weighted by Gasteiger charge is 2.18. The van der Waals surface area contributed by atoms with E-state index in [0.717, 1.165) is 12.8 Å². The number of alkyl carbamates (subject to hydrolysis) is 1. The maximum atomic E-state index is 11.6. The predicted octanol–water partition coefficient (Wildman–Crippen LogP) is 2.93. The normalized spacial score (nSPS) is 18.0. The Morgan fingerprint density at radius 2 is 2.26 bits per heavy atom. The minimum Gasteiger partial charge on any atom is -0.444 e. The van der Waals surface area contributed by atoms with Crippen LogP contribution in [0.4, 0.5) is 4.79 Å². The molecular formula is C15H25NO3. The molecule has 1 atom stereocenters. The molecule has 0 heterocycles. The molecule has 108 valence electrons. The zero-order valence-electron chi connectivity index (χ0n) is 12.1. The molecule has 1 amide bonds. The summed E-state index contributed by atoms with van der Waals surface area (Å²) < 4.78 is 5.15. The lowest BCUT2D eigenvalue weighted by Crippen LogP contribution is -2.40. The lowest BCUT2D eigenvalue weighted by Gasteiger charge is -2.21. The Labute approximate surface area is 115 Å². The highest BCUT2D eigenvalue weighted by Crippen LogP contribution is 2.18. The van der Waals surface area contributed by atoms with E-state index in [9.17, 15) is 9.90 Å². The van der Waals surface area contributed by atoms with Gasteiger partial charge in [-0.3, -0.25) is 0 Å². The number of carbonyl (C=O) groups excluding carboxylic acids is 1. The molecule has 1 aliphatic rings. The first-order valence-electron chi connectivity index (χ1n) is 6.88. The fourth-order valence-electron chi connectivity index (χ4n) is 1.87. The smallest absolute Gasteiger partial charge is 0.408 e. The third-order valence-electron chi connectivity index (χ3n) is 2.77. The van der Waals surface area contributed by atoms with Crippen molar-refractivity contribution in [1.82, 2.24) is 5.32 Å². The average molecular weight is 267 g/mol. The van der Waals surface area contributed by atoms with Crippen molar-refractivity contribution < 1.29 is 14.6 Å². The predicted molar refractivity (Wildman–Crippen MR) is 75.9 cm³/mol. The molecule has 19 heavy (non-hydrogen) atoms. The van der Waals surface area contributed by atoms with Crippen molar-refractivity contribution >= 4 is 6.09 Å². The lowest BCUT2D eigenvalue weighted by atomic mass is 9.99. The van der Waals surface area contributed by atoms with E-state index < -0.39 is 17.7 Å². The number of rotatable bonds is 4. The van der Waals surface area contributed by atoms with E-state index in [1.54, 1.807) is 0 Å². The van der Waals surface area contributed by atoms with Crippen LogP contribution >= 0.6 is 0 Å². The molecule has 4 heteroatoms. The lowest BCUT2D eigenvalue weighted by molar-refractivity contribution is 0.0498. The van der Waals surface area contributed by atoms with Crippen LogP contribution in [0.5, 0.6) is 0 Å². The van der Waals surface area contributed by atoms with E-state index in [-0.39, 0.29) is 6.61 Å². The molecule has 0 aromatic heterocycles. The Balaban J connectivity index is 2.47. The number of nitrogens with one attached hydrogen (secondary N) is 1. The number of hydrogen-bond donors (Lipinski definition) is 2. The largest absolute Gasteiger partial charge is 0.444 e. The zero-order chi connectivity index (χ0) is 14.3. The number of aliphatic hydroxyl groups excluding tert-OH is 1. The van der Waals surface area contributed by atoms with Crippen LogP contribution in [0.2, 0.25) is 0 Å². The monoisotopic (exact) mass is 267 g/mol. The van der Waals surface area contributed by atoms with Crippen LogP contribution in [0.15, 0.2) is 23.8 Å². The van der Waals surface area contributed by atoms with E-state index in [0.29, 0.717) is 0 Å². The fraction of sp³-hybridized carbons (Fsp3) is 0.667. The van der Waals surface area contributed by atoms with Crippen molar-refractivity contribution in [2.45, 2.75) is 58.1 Å². The van der Waals surface area contributed by atoms with E-state index in [1.807, 2.05) is 32.9 Å². The molecule has 2 N–H and O–H groups in total. The molecule has 0 aromatic rings. The highest BCUT2D eigenvalue weighted by molar-refractivity contribution is 5.68. The summed E-state index contributed by atoms with van der Waals surface area (Å²) in [6, 6.07) is -0.405.